The molecule has 0 aliphatic heterocycles. The molecular formula is C20H14N2O5S. The summed E-state index contributed by atoms with van der Waals surface area (Å²) in [6.45, 7) is 0. The first-order valence-corrected chi connectivity index (χ1v) is 9.65. The Morgan fingerprint density at radius 1 is 0.750 bits per heavy atom. The molecule has 0 saturated heterocycles. The van der Waals surface area contributed by atoms with Gasteiger partial charge in [-0.1, -0.05) is 54.6 Å². The standard InChI is InChI=1S/C20H14N2O5S/c23-17-11-18(28(25,26)27)14-7-3-4-8-15(14)19(17)22-21-16-10-9-12-5-1-2-6-13(12)20(16)24/h1-11,23-24H,(H,25,26,27)/b22-21+. The lowest BCUT2D eigenvalue weighted by Gasteiger charge is -2.08. The Labute approximate surface area is 160 Å². The van der Waals surface area contributed by atoms with Crippen molar-refractivity contribution >= 4 is 43.0 Å². The van der Waals surface area contributed by atoms with E-state index < -0.39 is 20.8 Å². The highest BCUT2D eigenvalue weighted by atomic mass is 32.2. The zero-order valence-electron chi connectivity index (χ0n) is 14.3. The van der Waals surface area contributed by atoms with Crippen LogP contribution in [0.25, 0.3) is 21.5 Å². The van der Waals surface area contributed by atoms with E-state index in [9.17, 15) is 23.2 Å². The van der Waals surface area contributed by atoms with E-state index in [1.165, 1.54) is 6.07 Å². The van der Waals surface area contributed by atoms with E-state index in [-0.39, 0.29) is 22.5 Å². The molecule has 8 heteroatoms. The molecule has 0 aliphatic rings. The summed E-state index contributed by atoms with van der Waals surface area (Å²) in [6.07, 6.45) is 0. The van der Waals surface area contributed by atoms with Crippen LogP contribution >= 0.6 is 0 Å². The molecule has 0 fully saturated rings. The van der Waals surface area contributed by atoms with Crippen molar-refractivity contribution in [3.8, 4) is 11.5 Å². The third-order valence-corrected chi connectivity index (χ3v) is 5.27. The van der Waals surface area contributed by atoms with Gasteiger partial charge in [-0.15, -0.1) is 10.2 Å². The predicted molar refractivity (Wildman–Crippen MR) is 105 cm³/mol. The van der Waals surface area contributed by atoms with Gasteiger partial charge in [0.15, 0.2) is 5.75 Å². The molecule has 0 spiro atoms. The van der Waals surface area contributed by atoms with Crippen molar-refractivity contribution in [2.45, 2.75) is 4.90 Å². The zero-order chi connectivity index (χ0) is 19.9. The molecule has 4 rings (SSSR count). The number of azo groups is 1. The largest absolute Gasteiger partial charge is 0.506 e. The molecule has 0 amide bonds. The van der Waals surface area contributed by atoms with Crippen LogP contribution in [0.4, 0.5) is 11.4 Å². The molecule has 0 unspecified atom stereocenters. The van der Waals surface area contributed by atoms with E-state index >= 15 is 0 Å². The van der Waals surface area contributed by atoms with Crippen molar-refractivity contribution < 1.29 is 23.2 Å². The Balaban J connectivity index is 1.90. The van der Waals surface area contributed by atoms with Crippen LogP contribution in [-0.4, -0.2) is 23.2 Å². The lowest BCUT2D eigenvalue weighted by Crippen LogP contribution is -1.99. The first-order valence-electron chi connectivity index (χ1n) is 8.21. The van der Waals surface area contributed by atoms with Gasteiger partial charge >= 0.3 is 0 Å². The minimum Gasteiger partial charge on any atom is -0.506 e. The van der Waals surface area contributed by atoms with Gasteiger partial charge in [-0.25, -0.2) is 0 Å². The number of phenolic OH excluding ortho intramolecular Hbond substituents is 2. The summed E-state index contributed by atoms with van der Waals surface area (Å²) in [6, 6.07) is 17.8. The van der Waals surface area contributed by atoms with Crippen LogP contribution in [0, 0.1) is 0 Å². The second-order valence-corrected chi connectivity index (χ2v) is 7.51. The number of nitrogens with zero attached hydrogens (tertiary/aromatic N) is 2. The van der Waals surface area contributed by atoms with Crippen molar-refractivity contribution in [2.24, 2.45) is 10.2 Å². The van der Waals surface area contributed by atoms with Crippen molar-refractivity contribution in [3.63, 3.8) is 0 Å². The van der Waals surface area contributed by atoms with Gasteiger partial charge in [-0.3, -0.25) is 4.55 Å². The molecule has 3 N–H and O–H groups in total. The van der Waals surface area contributed by atoms with E-state index in [4.69, 9.17) is 0 Å². The van der Waals surface area contributed by atoms with Gasteiger partial charge in [0.25, 0.3) is 10.1 Å². The molecule has 0 saturated carbocycles. The smallest absolute Gasteiger partial charge is 0.295 e. The lowest BCUT2D eigenvalue weighted by molar-refractivity contribution is 0.468. The fourth-order valence-electron chi connectivity index (χ4n) is 3.06. The highest BCUT2D eigenvalue weighted by Crippen LogP contribution is 2.41. The van der Waals surface area contributed by atoms with E-state index in [1.54, 1.807) is 42.5 Å². The van der Waals surface area contributed by atoms with Crippen LogP contribution in [0.2, 0.25) is 0 Å². The highest BCUT2D eigenvalue weighted by Gasteiger charge is 2.19. The monoisotopic (exact) mass is 394 g/mol. The van der Waals surface area contributed by atoms with Crippen LogP contribution in [-0.2, 0) is 10.1 Å². The predicted octanol–water partition coefficient (Wildman–Crippen LogP) is 5.07. The number of rotatable bonds is 3. The van der Waals surface area contributed by atoms with E-state index in [0.29, 0.717) is 10.8 Å². The number of fused-ring (bicyclic) bond motifs is 2. The summed E-state index contributed by atoms with van der Waals surface area (Å²) in [5.41, 5.74) is 0.219. The van der Waals surface area contributed by atoms with Gasteiger partial charge in [0.05, 0.1) is 0 Å². The van der Waals surface area contributed by atoms with Crippen LogP contribution in [0.5, 0.6) is 11.5 Å². The molecule has 0 aromatic heterocycles. The van der Waals surface area contributed by atoms with Gasteiger partial charge in [0, 0.05) is 22.2 Å². The number of aromatic hydroxyl groups is 2. The molecular weight excluding hydrogens is 380 g/mol. The minimum absolute atomic E-state index is 0.0237. The fraction of sp³-hybridized carbons (Fsp3) is 0. The van der Waals surface area contributed by atoms with Crippen LogP contribution in [0.3, 0.4) is 0 Å². The Morgan fingerprint density at radius 2 is 1.39 bits per heavy atom. The molecule has 0 aliphatic carbocycles. The molecule has 0 atom stereocenters. The van der Waals surface area contributed by atoms with Crippen molar-refractivity contribution in [2.75, 3.05) is 0 Å². The zero-order valence-corrected chi connectivity index (χ0v) is 15.1. The molecule has 4 aromatic rings. The molecule has 28 heavy (non-hydrogen) atoms. The molecule has 140 valence electrons. The summed E-state index contributed by atoms with van der Waals surface area (Å²) >= 11 is 0. The molecule has 0 radical (unpaired) electrons. The second-order valence-electron chi connectivity index (χ2n) is 6.12. The van der Waals surface area contributed by atoms with E-state index in [1.807, 2.05) is 12.1 Å². The van der Waals surface area contributed by atoms with Crippen molar-refractivity contribution in [3.05, 3.63) is 66.7 Å². The van der Waals surface area contributed by atoms with Gasteiger partial charge < -0.3 is 10.2 Å². The van der Waals surface area contributed by atoms with Gasteiger partial charge in [-0.2, -0.15) is 8.42 Å². The first kappa shape index (κ1) is 17.9. The summed E-state index contributed by atoms with van der Waals surface area (Å²) in [5.74, 6) is -0.518. The fourth-order valence-corrected chi connectivity index (χ4v) is 3.78. The maximum atomic E-state index is 11.6. The summed E-state index contributed by atoms with van der Waals surface area (Å²) < 4.78 is 32.7. The van der Waals surface area contributed by atoms with Gasteiger partial charge in [0.2, 0.25) is 0 Å². The Bertz CT molecular complexity index is 1360. The van der Waals surface area contributed by atoms with Crippen molar-refractivity contribution in [1.29, 1.82) is 0 Å². The SMILES string of the molecule is O=S(=O)(O)c1cc(O)c(/N=N/c2ccc3ccccc3c2O)c2ccccc12. The van der Waals surface area contributed by atoms with Crippen LogP contribution in [0.1, 0.15) is 0 Å². The first-order chi connectivity index (χ1) is 13.4. The molecule has 7 nitrogen and oxygen atoms in total. The molecule has 0 bridgehead atoms. The lowest BCUT2D eigenvalue weighted by atomic mass is 10.1. The van der Waals surface area contributed by atoms with E-state index in [0.717, 1.165) is 11.5 Å². The van der Waals surface area contributed by atoms with Gasteiger partial charge in [-0.05, 0) is 11.5 Å². The number of hydrogen-bond donors (Lipinski definition) is 3. The topological polar surface area (TPSA) is 120 Å². The summed E-state index contributed by atoms with van der Waals surface area (Å²) in [5, 5.41) is 30.7. The second kappa shape index (κ2) is 6.59. The maximum Gasteiger partial charge on any atom is 0.295 e. The van der Waals surface area contributed by atoms with Crippen LogP contribution < -0.4 is 0 Å². The summed E-state index contributed by atoms with van der Waals surface area (Å²) in [7, 11) is -4.54. The average Bonchev–Trinajstić information content (AvgIpc) is 2.67. The number of benzene rings is 4. The maximum absolute atomic E-state index is 11.6. The quantitative estimate of drug-likeness (QED) is 0.331. The van der Waals surface area contributed by atoms with E-state index in [2.05, 4.69) is 10.2 Å². The Hall–Kier alpha value is -3.49. The highest BCUT2D eigenvalue weighted by molar-refractivity contribution is 7.86. The van der Waals surface area contributed by atoms with Crippen molar-refractivity contribution in [1.82, 2.24) is 0 Å². The van der Waals surface area contributed by atoms with Crippen LogP contribution in [0.15, 0.2) is 81.9 Å². The minimum atomic E-state index is -4.54. The normalized spacial score (nSPS) is 12.2. The Kier molecular flexibility index (Phi) is 4.21. The molecule has 0 heterocycles. The Morgan fingerprint density at radius 3 is 2.11 bits per heavy atom. The number of phenols is 2. The van der Waals surface area contributed by atoms with Gasteiger partial charge in [0.1, 0.15) is 22.0 Å². The summed E-state index contributed by atoms with van der Waals surface area (Å²) in [4.78, 5) is -0.423. The third-order valence-electron chi connectivity index (χ3n) is 4.37. The average molecular weight is 394 g/mol. The molecule has 4 aromatic carbocycles. The third kappa shape index (κ3) is 3.04. The number of hydrogen-bond acceptors (Lipinski definition) is 6.